The van der Waals surface area contributed by atoms with Crippen molar-refractivity contribution >= 4 is 12.0 Å². The van der Waals surface area contributed by atoms with Crippen LogP contribution in [0.5, 0.6) is 5.75 Å². The van der Waals surface area contributed by atoms with Gasteiger partial charge in [-0.3, -0.25) is 0 Å². The Labute approximate surface area is 113 Å². The first-order valence-corrected chi connectivity index (χ1v) is 6.25. The number of carbonyl (C=O) groups is 1. The van der Waals surface area contributed by atoms with Gasteiger partial charge in [-0.05, 0) is 43.5 Å². The summed E-state index contributed by atoms with van der Waals surface area (Å²) in [6.45, 7) is 5.58. The van der Waals surface area contributed by atoms with E-state index in [0.29, 0.717) is 29.7 Å². The molecule has 0 atom stereocenters. The molecule has 0 aliphatic carbocycles. The van der Waals surface area contributed by atoms with E-state index in [0.717, 1.165) is 0 Å². The Morgan fingerprint density at radius 3 is 2.58 bits per heavy atom. The van der Waals surface area contributed by atoms with Crippen LogP contribution in [0.25, 0.3) is 6.08 Å². The minimum absolute atomic E-state index is 0.211. The highest BCUT2D eigenvalue weighted by molar-refractivity contribution is 5.93. The predicted molar refractivity (Wildman–Crippen MR) is 72.6 cm³/mol. The third-order valence-corrected chi connectivity index (χ3v) is 2.79. The van der Waals surface area contributed by atoms with Crippen LogP contribution < -0.4 is 4.74 Å². The molecule has 0 spiro atoms. The standard InChI is InChI=1S/C15H19FO3/c1-5-12-11(7-8-13(18-4)14(12)16)9-10(3)15(17)19-6-2/h7-9H,5-6H2,1-4H3. The number of halogens is 1. The highest BCUT2D eigenvalue weighted by atomic mass is 19.1. The number of rotatable bonds is 5. The maximum atomic E-state index is 14.1. The molecule has 1 aromatic rings. The SMILES string of the molecule is CCOC(=O)C(C)=Cc1ccc(OC)c(F)c1CC. The summed E-state index contributed by atoms with van der Waals surface area (Å²) in [4.78, 5) is 11.5. The fourth-order valence-electron chi connectivity index (χ4n) is 1.80. The number of carbonyl (C=O) groups excluding carboxylic acids is 1. The normalized spacial score (nSPS) is 11.3. The van der Waals surface area contributed by atoms with Crippen LogP contribution in [0.3, 0.4) is 0 Å². The topological polar surface area (TPSA) is 35.5 Å². The predicted octanol–water partition coefficient (Wildman–Crippen LogP) is 3.36. The minimum Gasteiger partial charge on any atom is -0.494 e. The molecule has 4 heteroatoms. The van der Waals surface area contributed by atoms with E-state index in [1.54, 1.807) is 32.1 Å². The van der Waals surface area contributed by atoms with Gasteiger partial charge in [0.05, 0.1) is 13.7 Å². The van der Waals surface area contributed by atoms with Crippen molar-refractivity contribution in [2.75, 3.05) is 13.7 Å². The lowest BCUT2D eigenvalue weighted by atomic mass is 10.0. The smallest absolute Gasteiger partial charge is 0.333 e. The lowest BCUT2D eigenvalue weighted by Crippen LogP contribution is -2.05. The van der Waals surface area contributed by atoms with Gasteiger partial charge in [-0.15, -0.1) is 0 Å². The Bertz CT molecular complexity index is 492. The first-order chi connectivity index (χ1) is 9.04. The Morgan fingerprint density at radius 1 is 1.37 bits per heavy atom. The van der Waals surface area contributed by atoms with Gasteiger partial charge in [-0.2, -0.15) is 0 Å². The molecule has 0 aliphatic rings. The summed E-state index contributed by atoms with van der Waals surface area (Å²) >= 11 is 0. The molecule has 0 fully saturated rings. The van der Waals surface area contributed by atoms with Crippen molar-refractivity contribution < 1.29 is 18.7 Å². The van der Waals surface area contributed by atoms with Crippen LogP contribution in [0.2, 0.25) is 0 Å². The van der Waals surface area contributed by atoms with Crippen molar-refractivity contribution in [1.29, 1.82) is 0 Å². The van der Waals surface area contributed by atoms with Crippen molar-refractivity contribution in [2.24, 2.45) is 0 Å². The molecule has 0 aliphatic heterocycles. The number of benzene rings is 1. The van der Waals surface area contributed by atoms with E-state index in [2.05, 4.69) is 0 Å². The van der Waals surface area contributed by atoms with Crippen LogP contribution in [0.1, 0.15) is 31.9 Å². The lowest BCUT2D eigenvalue weighted by molar-refractivity contribution is -0.138. The van der Waals surface area contributed by atoms with Crippen molar-refractivity contribution in [3.05, 3.63) is 34.6 Å². The first kappa shape index (κ1) is 15.2. The Hall–Kier alpha value is -1.84. The molecular formula is C15H19FO3. The number of ether oxygens (including phenoxy) is 2. The molecule has 0 bridgehead atoms. The average molecular weight is 266 g/mol. The number of methoxy groups -OCH3 is 1. The van der Waals surface area contributed by atoms with Gasteiger partial charge < -0.3 is 9.47 Å². The van der Waals surface area contributed by atoms with Crippen LogP contribution in [-0.2, 0) is 16.0 Å². The second-order valence-corrected chi connectivity index (χ2v) is 4.05. The molecule has 19 heavy (non-hydrogen) atoms. The molecule has 1 rings (SSSR count). The fourth-order valence-corrected chi connectivity index (χ4v) is 1.80. The fraction of sp³-hybridized carbons (Fsp3) is 0.400. The average Bonchev–Trinajstić information content (AvgIpc) is 2.39. The van der Waals surface area contributed by atoms with Gasteiger partial charge in [0, 0.05) is 5.57 Å². The molecule has 0 amide bonds. The van der Waals surface area contributed by atoms with E-state index in [1.165, 1.54) is 7.11 Å². The van der Waals surface area contributed by atoms with Crippen molar-refractivity contribution in [1.82, 2.24) is 0 Å². The summed E-state index contributed by atoms with van der Waals surface area (Å²) in [5, 5.41) is 0. The van der Waals surface area contributed by atoms with Gasteiger partial charge in [0.1, 0.15) is 0 Å². The van der Waals surface area contributed by atoms with E-state index < -0.39 is 0 Å². The van der Waals surface area contributed by atoms with E-state index >= 15 is 0 Å². The molecular weight excluding hydrogens is 247 g/mol. The van der Waals surface area contributed by atoms with Gasteiger partial charge in [0.2, 0.25) is 0 Å². The largest absolute Gasteiger partial charge is 0.494 e. The van der Waals surface area contributed by atoms with Crippen LogP contribution in [-0.4, -0.2) is 19.7 Å². The second kappa shape index (κ2) is 6.92. The highest BCUT2D eigenvalue weighted by Gasteiger charge is 2.13. The summed E-state index contributed by atoms with van der Waals surface area (Å²) in [7, 11) is 1.43. The third kappa shape index (κ3) is 3.56. The van der Waals surface area contributed by atoms with Gasteiger partial charge in [-0.1, -0.05) is 13.0 Å². The molecule has 1 aromatic carbocycles. The molecule has 0 heterocycles. The highest BCUT2D eigenvalue weighted by Crippen LogP contribution is 2.26. The minimum atomic E-state index is -0.388. The Morgan fingerprint density at radius 2 is 2.05 bits per heavy atom. The molecule has 0 saturated carbocycles. The van der Waals surface area contributed by atoms with Crippen molar-refractivity contribution in [3.8, 4) is 5.75 Å². The summed E-state index contributed by atoms with van der Waals surface area (Å²) in [5.74, 6) is -0.557. The van der Waals surface area contributed by atoms with Crippen LogP contribution in [0.15, 0.2) is 17.7 Å². The molecule has 104 valence electrons. The quantitative estimate of drug-likeness (QED) is 0.605. The monoisotopic (exact) mass is 266 g/mol. The Kier molecular flexibility index (Phi) is 5.55. The van der Waals surface area contributed by atoms with Gasteiger partial charge in [0.25, 0.3) is 0 Å². The van der Waals surface area contributed by atoms with E-state index in [-0.39, 0.29) is 17.5 Å². The summed E-state index contributed by atoms with van der Waals surface area (Å²) in [6.07, 6.45) is 2.16. The maximum Gasteiger partial charge on any atom is 0.333 e. The van der Waals surface area contributed by atoms with Crippen molar-refractivity contribution in [3.63, 3.8) is 0 Å². The lowest BCUT2D eigenvalue weighted by Gasteiger charge is -2.10. The van der Waals surface area contributed by atoms with Gasteiger partial charge in [0.15, 0.2) is 11.6 Å². The number of hydrogen-bond donors (Lipinski definition) is 0. The number of hydrogen-bond acceptors (Lipinski definition) is 3. The molecule has 0 aromatic heterocycles. The van der Waals surface area contributed by atoms with Crippen LogP contribution in [0, 0.1) is 5.82 Å². The maximum absolute atomic E-state index is 14.1. The molecule has 3 nitrogen and oxygen atoms in total. The summed E-state index contributed by atoms with van der Waals surface area (Å²) in [6, 6.07) is 3.29. The third-order valence-electron chi connectivity index (χ3n) is 2.79. The second-order valence-electron chi connectivity index (χ2n) is 4.05. The van der Waals surface area contributed by atoms with Crippen LogP contribution in [0.4, 0.5) is 4.39 Å². The van der Waals surface area contributed by atoms with E-state index in [9.17, 15) is 9.18 Å². The van der Waals surface area contributed by atoms with E-state index in [1.807, 2.05) is 6.92 Å². The first-order valence-electron chi connectivity index (χ1n) is 6.25. The summed E-state index contributed by atoms with van der Waals surface area (Å²) in [5.41, 5.74) is 1.65. The molecule has 0 radical (unpaired) electrons. The molecule has 0 unspecified atom stereocenters. The van der Waals surface area contributed by atoms with E-state index in [4.69, 9.17) is 9.47 Å². The molecule has 0 N–H and O–H groups in total. The van der Waals surface area contributed by atoms with Crippen LogP contribution >= 0.6 is 0 Å². The molecule has 0 saturated heterocycles. The summed E-state index contributed by atoms with van der Waals surface area (Å²) < 4.78 is 23.9. The van der Waals surface area contributed by atoms with Crippen molar-refractivity contribution in [2.45, 2.75) is 27.2 Å². The Balaban J connectivity index is 3.17. The zero-order chi connectivity index (χ0) is 14.4. The zero-order valence-electron chi connectivity index (χ0n) is 11.7. The number of esters is 1. The van der Waals surface area contributed by atoms with Gasteiger partial charge in [-0.25, -0.2) is 9.18 Å². The van der Waals surface area contributed by atoms with Gasteiger partial charge >= 0.3 is 5.97 Å². The zero-order valence-corrected chi connectivity index (χ0v) is 11.7.